The van der Waals surface area contributed by atoms with Crippen molar-refractivity contribution in [2.75, 3.05) is 38.1 Å². The number of aryl methyl sites for hydroxylation is 1. The van der Waals surface area contributed by atoms with Crippen molar-refractivity contribution >= 4 is 17.5 Å². The summed E-state index contributed by atoms with van der Waals surface area (Å²) in [7, 11) is 1.74. The summed E-state index contributed by atoms with van der Waals surface area (Å²) in [5, 5.41) is 0. The minimum absolute atomic E-state index is 0.0803. The van der Waals surface area contributed by atoms with Gasteiger partial charge in [-0.15, -0.1) is 0 Å². The Kier molecular flexibility index (Phi) is 4.05. The van der Waals surface area contributed by atoms with Gasteiger partial charge < -0.3 is 14.7 Å². The minimum atomic E-state index is -0.252. The minimum Gasteiger partial charge on any atom is -0.368 e. The number of piperazine rings is 1. The van der Waals surface area contributed by atoms with E-state index in [2.05, 4.69) is 36.1 Å². The van der Waals surface area contributed by atoms with Crippen molar-refractivity contribution in [2.45, 2.75) is 25.8 Å². The standard InChI is InChI=1S/C17H23N3O2/c1-13-4-3-5-14(12-13)19-8-10-20(11-9-19)17(22)15-6-7-16(21)18(15)2/h3-5,12,15H,6-11H2,1-2H3. The fraction of sp³-hybridized carbons (Fsp3) is 0.529. The lowest BCUT2D eigenvalue weighted by Crippen LogP contribution is -2.53. The van der Waals surface area contributed by atoms with Crippen molar-refractivity contribution in [3.63, 3.8) is 0 Å². The van der Waals surface area contributed by atoms with Gasteiger partial charge in [0.1, 0.15) is 6.04 Å². The second-order valence-electron chi connectivity index (χ2n) is 6.21. The molecule has 2 saturated heterocycles. The fourth-order valence-electron chi connectivity index (χ4n) is 3.31. The van der Waals surface area contributed by atoms with Crippen LogP contribution in [0.3, 0.4) is 0 Å². The molecule has 0 bridgehead atoms. The first kappa shape index (κ1) is 14.9. The van der Waals surface area contributed by atoms with E-state index in [1.54, 1.807) is 11.9 Å². The fourth-order valence-corrected chi connectivity index (χ4v) is 3.31. The molecule has 3 rings (SSSR count). The van der Waals surface area contributed by atoms with Crippen molar-refractivity contribution in [3.05, 3.63) is 29.8 Å². The molecule has 2 aliphatic rings. The van der Waals surface area contributed by atoms with Gasteiger partial charge in [-0.3, -0.25) is 9.59 Å². The van der Waals surface area contributed by atoms with E-state index >= 15 is 0 Å². The van der Waals surface area contributed by atoms with Crippen molar-refractivity contribution in [1.29, 1.82) is 0 Å². The summed E-state index contributed by atoms with van der Waals surface area (Å²) in [5.74, 6) is 0.189. The summed E-state index contributed by atoms with van der Waals surface area (Å²) < 4.78 is 0. The van der Waals surface area contributed by atoms with Crippen LogP contribution in [-0.2, 0) is 9.59 Å². The number of benzene rings is 1. The lowest BCUT2D eigenvalue weighted by Gasteiger charge is -2.38. The molecule has 22 heavy (non-hydrogen) atoms. The van der Waals surface area contributed by atoms with Crippen LogP contribution < -0.4 is 4.90 Å². The first-order valence-electron chi connectivity index (χ1n) is 7.92. The Bertz CT molecular complexity index is 579. The number of hydrogen-bond donors (Lipinski definition) is 0. The quantitative estimate of drug-likeness (QED) is 0.826. The smallest absolute Gasteiger partial charge is 0.245 e. The van der Waals surface area contributed by atoms with Gasteiger partial charge in [0.25, 0.3) is 0 Å². The Labute approximate surface area is 131 Å². The molecule has 0 saturated carbocycles. The zero-order valence-electron chi connectivity index (χ0n) is 13.3. The zero-order valence-corrected chi connectivity index (χ0v) is 13.3. The number of carbonyl (C=O) groups is 2. The van der Waals surface area contributed by atoms with Crippen LogP contribution in [0.4, 0.5) is 5.69 Å². The predicted molar refractivity (Wildman–Crippen MR) is 85.8 cm³/mol. The maximum Gasteiger partial charge on any atom is 0.245 e. The highest BCUT2D eigenvalue weighted by Crippen LogP contribution is 2.21. The predicted octanol–water partition coefficient (Wildman–Crippen LogP) is 1.26. The molecule has 0 aromatic heterocycles. The maximum absolute atomic E-state index is 12.6. The number of likely N-dealkylation sites (tertiary alicyclic amines) is 1. The second-order valence-corrected chi connectivity index (χ2v) is 6.21. The second kappa shape index (κ2) is 5.99. The number of hydrogen-bond acceptors (Lipinski definition) is 3. The molecular formula is C17H23N3O2. The Morgan fingerprint density at radius 1 is 1.18 bits per heavy atom. The maximum atomic E-state index is 12.6. The average molecular weight is 301 g/mol. The van der Waals surface area contributed by atoms with E-state index in [-0.39, 0.29) is 17.9 Å². The zero-order chi connectivity index (χ0) is 15.7. The van der Waals surface area contributed by atoms with Crippen molar-refractivity contribution in [3.8, 4) is 0 Å². The van der Waals surface area contributed by atoms with Crippen molar-refractivity contribution in [1.82, 2.24) is 9.80 Å². The van der Waals surface area contributed by atoms with E-state index in [4.69, 9.17) is 0 Å². The molecule has 0 radical (unpaired) electrons. The van der Waals surface area contributed by atoms with Crippen molar-refractivity contribution < 1.29 is 9.59 Å². The largest absolute Gasteiger partial charge is 0.368 e. The van der Waals surface area contributed by atoms with Gasteiger partial charge in [-0.05, 0) is 31.0 Å². The van der Waals surface area contributed by atoms with Gasteiger partial charge in [0, 0.05) is 45.3 Å². The third-order valence-electron chi connectivity index (χ3n) is 4.74. The molecule has 118 valence electrons. The molecule has 2 fully saturated rings. The number of anilines is 1. The molecule has 5 heteroatoms. The summed E-state index contributed by atoms with van der Waals surface area (Å²) >= 11 is 0. The SMILES string of the molecule is Cc1cccc(N2CCN(C(=O)C3CCC(=O)N3C)CC2)c1. The molecule has 1 atom stereocenters. The van der Waals surface area contributed by atoms with Crippen LogP contribution in [0.25, 0.3) is 0 Å². The monoisotopic (exact) mass is 301 g/mol. The molecular weight excluding hydrogens is 278 g/mol. The van der Waals surface area contributed by atoms with E-state index in [9.17, 15) is 9.59 Å². The summed E-state index contributed by atoms with van der Waals surface area (Å²) in [6.45, 7) is 5.24. The topological polar surface area (TPSA) is 43.9 Å². The van der Waals surface area contributed by atoms with Crippen LogP contribution in [0.2, 0.25) is 0 Å². The van der Waals surface area contributed by atoms with Crippen LogP contribution in [-0.4, -0.2) is 60.9 Å². The van der Waals surface area contributed by atoms with Gasteiger partial charge in [-0.2, -0.15) is 0 Å². The molecule has 1 aromatic rings. The van der Waals surface area contributed by atoms with Gasteiger partial charge >= 0.3 is 0 Å². The highest BCUT2D eigenvalue weighted by molar-refractivity contribution is 5.90. The van der Waals surface area contributed by atoms with Gasteiger partial charge in [0.15, 0.2) is 0 Å². The highest BCUT2D eigenvalue weighted by atomic mass is 16.2. The molecule has 2 amide bonds. The number of carbonyl (C=O) groups excluding carboxylic acids is 2. The van der Waals surface area contributed by atoms with Crippen LogP contribution >= 0.6 is 0 Å². The first-order valence-corrected chi connectivity index (χ1v) is 7.92. The Balaban J connectivity index is 1.60. The van der Waals surface area contributed by atoms with Gasteiger partial charge in [-0.25, -0.2) is 0 Å². The lowest BCUT2D eigenvalue weighted by atomic mass is 10.1. The van der Waals surface area contributed by atoms with Gasteiger partial charge in [-0.1, -0.05) is 12.1 Å². The third-order valence-corrected chi connectivity index (χ3v) is 4.74. The number of nitrogens with zero attached hydrogens (tertiary/aromatic N) is 3. The van der Waals surface area contributed by atoms with Crippen LogP contribution in [0, 0.1) is 6.92 Å². The van der Waals surface area contributed by atoms with Gasteiger partial charge in [0.05, 0.1) is 0 Å². The highest BCUT2D eigenvalue weighted by Gasteiger charge is 2.36. The molecule has 0 spiro atoms. The molecule has 5 nitrogen and oxygen atoms in total. The Morgan fingerprint density at radius 2 is 1.91 bits per heavy atom. The number of amides is 2. The Morgan fingerprint density at radius 3 is 2.50 bits per heavy atom. The van der Waals surface area contributed by atoms with Crippen molar-refractivity contribution in [2.24, 2.45) is 0 Å². The van der Waals surface area contributed by atoms with E-state index < -0.39 is 0 Å². The molecule has 1 unspecified atom stereocenters. The normalized spacial score (nSPS) is 22.4. The summed E-state index contributed by atoms with van der Waals surface area (Å²) in [6, 6.07) is 8.21. The third kappa shape index (κ3) is 2.80. The lowest BCUT2D eigenvalue weighted by molar-refractivity contribution is -0.140. The molecule has 1 aromatic carbocycles. The van der Waals surface area contributed by atoms with Crippen LogP contribution in [0.1, 0.15) is 18.4 Å². The molecule has 2 aliphatic heterocycles. The van der Waals surface area contributed by atoms with Gasteiger partial charge in [0.2, 0.25) is 11.8 Å². The first-order chi connectivity index (χ1) is 10.6. The number of rotatable bonds is 2. The molecule has 0 aliphatic carbocycles. The van der Waals surface area contributed by atoms with E-state index in [1.807, 2.05) is 4.90 Å². The number of likely N-dealkylation sites (N-methyl/N-ethyl adjacent to an activating group) is 1. The summed E-state index contributed by atoms with van der Waals surface area (Å²) in [6.07, 6.45) is 1.16. The Hall–Kier alpha value is -2.04. The van der Waals surface area contributed by atoms with E-state index in [1.165, 1.54) is 11.3 Å². The molecule has 0 N–H and O–H groups in total. The van der Waals surface area contributed by atoms with E-state index in [0.717, 1.165) is 26.2 Å². The summed E-state index contributed by atoms with van der Waals surface area (Å²) in [4.78, 5) is 30.0. The van der Waals surface area contributed by atoms with E-state index in [0.29, 0.717) is 12.8 Å². The molecule has 2 heterocycles. The van der Waals surface area contributed by atoms with Crippen LogP contribution in [0.15, 0.2) is 24.3 Å². The van der Waals surface area contributed by atoms with Crippen LogP contribution in [0.5, 0.6) is 0 Å². The average Bonchev–Trinajstić information content (AvgIpc) is 2.86. The summed E-state index contributed by atoms with van der Waals surface area (Å²) in [5.41, 5.74) is 2.47.